The number of hydrogen-bond donors (Lipinski definition) is 1. The van der Waals surface area contributed by atoms with Crippen molar-refractivity contribution >= 4 is 5.82 Å². The molecule has 2 rings (SSSR count). The SMILES string of the molecule is CC1CCN(c2cc(CO)on2)CC1. The maximum absolute atomic E-state index is 8.84. The third-order valence-corrected chi connectivity index (χ3v) is 2.81. The van der Waals surface area contributed by atoms with E-state index in [9.17, 15) is 0 Å². The molecule has 2 heterocycles. The highest BCUT2D eigenvalue weighted by Crippen LogP contribution is 2.22. The minimum atomic E-state index is -0.0722. The van der Waals surface area contributed by atoms with E-state index < -0.39 is 0 Å². The van der Waals surface area contributed by atoms with Crippen molar-refractivity contribution in [1.82, 2.24) is 5.16 Å². The fraction of sp³-hybridized carbons (Fsp3) is 0.700. The molecule has 0 unspecified atom stereocenters. The van der Waals surface area contributed by atoms with E-state index in [2.05, 4.69) is 17.0 Å². The summed E-state index contributed by atoms with van der Waals surface area (Å²) in [5.74, 6) is 2.22. The molecule has 0 spiro atoms. The molecule has 0 saturated carbocycles. The number of anilines is 1. The van der Waals surface area contributed by atoms with Crippen molar-refractivity contribution in [3.05, 3.63) is 11.8 Å². The highest BCUT2D eigenvalue weighted by Gasteiger charge is 2.18. The lowest BCUT2D eigenvalue weighted by atomic mass is 9.99. The van der Waals surface area contributed by atoms with Crippen LogP contribution in [0.3, 0.4) is 0 Å². The van der Waals surface area contributed by atoms with Crippen LogP contribution in [-0.2, 0) is 6.61 Å². The van der Waals surface area contributed by atoms with Crippen LogP contribution in [0.25, 0.3) is 0 Å². The predicted octanol–water partition coefficient (Wildman–Crippen LogP) is 1.40. The molecule has 0 radical (unpaired) electrons. The molecule has 4 nitrogen and oxygen atoms in total. The van der Waals surface area contributed by atoms with Crippen LogP contribution in [0.2, 0.25) is 0 Å². The molecule has 1 aliphatic heterocycles. The van der Waals surface area contributed by atoms with E-state index in [1.807, 2.05) is 6.07 Å². The van der Waals surface area contributed by atoms with Crippen molar-refractivity contribution in [2.45, 2.75) is 26.4 Å². The zero-order chi connectivity index (χ0) is 9.97. The van der Waals surface area contributed by atoms with Gasteiger partial charge in [0.1, 0.15) is 6.61 Å². The quantitative estimate of drug-likeness (QED) is 0.776. The molecule has 4 heteroatoms. The van der Waals surface area contributed by atoms with Crippen LogP contribution >= 0.6 is 0 Å². The van der Waals surface area contributed by atoms with Gasteiger partial charge in [0.25, 0.3) is 0 Å². The van der Waals surface area contributed by atoms with Gasteiger partial charge in [-0.2, -0.15) is 0 Å². The molecule has 0 atom stereocenters. The molecule has 0 aliphatic carbocycles. The highest BCUT2D eigenvalue weighted by molar-refractivity contribution is 5.38. The maximum atomic E-state index is 8.84. The van der Waals surface area contributed by atoms with Gasteiger partial charge in [-0.3, -0.25) is 0 Å². The molecule has 0 bridgehead atoms. The van der Waals surface area contributed by atoms with Gasteiger partial charge >= 0.3 is 0 Å². The smallest absolute Gasteiger partial charge is 0.172 e. The molecular formula is C10H16N2O2. The number of aliphatic hydroxyl groups is 1. The van der Waals surface area contributed by atoms with Crippen molar-refractivity contribution < 1.29 is 9.63 Å². The Morgan fingerprint density at radius 1 is 1.57 bits per heavy atom. The fourth-order valence-corrected chi connectivity index (χ4v) is 1.76. The second-order valence-electron chi connectivity index (χ2n) is 3.98. The zero-order valence-electron chi connectivity index (χ0n) is 8.44. The molecule has 0 aromatic carbocycles. The second-order valence-corrected chi connectivity index (χ2v) is 3.98. The van der Waals surface area contributed by atoms with Crippen molar-refractivity contribution in [3.63, 3.8) is 0 Å². The lowest BCUT2D eigenvalue weighted by Gasteiger charge is -2.29. The van der Waals surface area contributed by atoms with Crippen LogP contribution < -0.4 is 4.90 Å². The van der Waals surface area contributed by atoms with Gasteiger partial charge < -0.3 is 14.5 Å². The lowest BCUT2D eigenvalue weighted by Crippen LogP contribution is -2.32. The molecule has 1 aliphatic rings. The van der Waals surface area contributed by atoms with Crippen LogP contribution in [-0.4, -0.2) is 23.4 Å². The van der Waals surface area contributed by atoms with E-state index in [0.717, 1.165) is 24.8 Å². The Morgan fingerprint density at radius 3 is 2.86 bits per heavy atom. The molecule has 1 N–H and O–H groups in total. The number of hydrogen-bond acceptors (Lipinski definition) is 4. The van der Waals surface area contributed by atoms with Crippen LogP contribution in [0.4, 0.5) is 5.82 Å². The molecule has 1 aromatic rings. The van der Waals surface area contributed by atoms with E-state index in [-0.39, 0.29) is 6.61 Å². The van der Waals surface area contributed by atoms with Crippen LogP contribution in [0.15, 0.2) is 10.6 Å². The maximum Gasteiger partial charge on any atom is 0.172 e. The van der Waals surface area contributed by atoms with Crippen LogP contribution in [0.5, 0.6) is 0 Å². The first-order valence-corrected chi connectivity index (χ1v) is 5.11. The molecule has 14 heavy (non-hydrogen) atoms. The minimum Gasteiger partial charge on any atom is -0.388 e. The molecule has 0 amide bonds. The number of nitrogens with zero attached hydrogens (tertiary/aromatic N) is 2. The summed E-state index contributed by atoms with van der Waals surface area (Å²) in [6, 6.07) is 1.82. The monoisotopic (exact) mass is 196 g/mol. The molecule has 1 saturated heterocycles. The van der Waals surface area contributed by atoms with E-state index in [1.54, 1.807) is 0 Å². The van der Waals surface area contributed by atoms with Crippen molar-refractivity contribution in [3.8, 4) is 0 Å². The van der Waals surface area contributed by atoms with Gasteiger partial charge in [-0.15, -0.1) is 0 Å². The van der Waals surface area contributed by atoms with Crippen molar-refractivity contribution in [2.24, 2.45) is 5.92 Å². The summed E-state index contributed by atoms with van der Waals surface area (Å²) in [7, 11) is 0. The molecule has 1 fully saturated rings. The van der Waals surface area contributed by atoms with E-state index in [4.69, 9.17) is 9.63 Å². The first-order chi connectivity index (χ1) is 6.79. The predicted molar refractivity (Wildman–Crippen MR) is 53.0 cm³/mol. The van der Waals surface area contributed by atoms with Crippen molar-refractivity contribution in [1.29, 1.82) is 0 Å². The second kappa shape index (κ2) is 4.00. The average Bonchev–Trinajstić information content (AvgIpc) is 2.67. The minimum absolute atomic E-state index is 0.0722. The summed E-state index contributed by atoms with van der Waals surface area (Å²) < 4.78 is 4.95. The third kappa shape index (κ3) is 1.90. The van der Waals surface area contributed by atoms with E-state index in [1.165, 1.54) is 12.8 Å². The Hall–Kier alpha value is -1.03. The lowest BCUT2D eigenvalue weighted by molar-refractivity contribution is 0.229. The van der Waals surface area contributed by atoms with Gasteiger partial charge in [0.15, 0.2) is 11.6 Å². The van der Waals surface area contributed by atoms with Gasteiger partial charge in [-0.25, -0.2) is 0 Å². The molecule has 78 valence electrons. The van der Waals surface area contributed by atoms with E-state index in [0.29, 0.717) is 5.76 Å². The van der Waals surface area contributed by atoms with Crippen molar-refractivity contribution in [2.75, 3.05) is 18.0 Å². The zero-order valence-corrected chi connectivity index (χ0v) is 8.44. The third-order valence-electron chi connectivity index (χ3n) is 2.81. The highest BCUT2D eigenvalue weighted by atomic mass is 16.5. The molecule has 1 aromatic heterocycles. The summed E-state index contributed by atoms with van der Waals surface area (Å²) in [6.07, 6.45) is 2.42. The Labute approximate surface area is 83.5 Å². The first-order valence-electron chi connectivity index (χ1n) is 5.11. The summed E-state index contributed by atoms with van der Waals surface area (Å²) in [6.45, 7) is 4.29. The van der Waals surface area contributed by atoms with Gasteiger partial charge in [0.2, 0.25) is 0 Å². The normalized spacial score (nSPS) is 18.9. The van der Waals surface area contributed by atoms with Crippen LogP contribution in [0.1, 0.15) is 25.5 Å². The Kier molecular flexibility index (Phi) is 2.72. The van der Waals surface area contributed by atoms with Gasteiger partial charge in [-0.1, -0.05) is 12.1 Å². The first kappa shape index (κ1) is 9.52. The fourth-order valence-electron chi connectivity index (χ4n) is 1.76. The van der Waals surface area contributed by atoms with Gasteiger partial charge in [0, 0.05) is 19.2 Å². The Bertz CT molecular complexity index is 290. The average molecular weight is 196 g/mol. The summed E-state index contributed by atoms with van der Waals surface area (Å²) in [5.41, 5.74) is 0. The number of piperidine rings is 1. The van der Waals surface area contributed by atoms with E-state index >= 15 is 0 Å². The Balaban J connectivity index is 2.01. The summed E-state index contributed by atoms with van der Waals surface area (Å²) in [4.78, 5) is 2.21. The van der Waals surface area contributed by atoms with Gasteiger partial charge in [0.05, 0.1) is 0 Å². The Morgan fingerprint density at radius 2 is 2.29 bits per heavy atom. The topological polar surface area (TPSA) is 49.5 Å². The largest absolute Gasteiger partial charge is 0.388 e. The standard InChI is InChI=1S/C10H16N2O2/c1-8-2-4-12(5-3-8)10-6-9(7-13)14-11-10/h6,8,13H,2-5,7H2,1H3. The number of aliphatic hydroxyl groups excluding tert-OH is 1. The molecular weight excluding hydrogens is 180 g/mol. The van der Waals surface area contributed by atoms with Crippen LogP contribution in [0, 0.1) is 5.92 Å². The van der Waals surface area contributed by atoms with Gasteiger partial charge in [-0.05, 0) is 18.8 Å². The summed E-state index contributed by atoms with van der Waals surface area (Å²) in [5, 5.41) is 12.8. The number of aromatic nitrogens is 1. The number of rotatable bonds is 2. The summed E-state index contributed by atoms with van der Waals surface area (Å²) >= 11 is 0.